The van der Waals surface area contributed by atoms with Gasteiger partial charge in [-0.05, 0) is 92.0 Å². The zero-order valence-electron chi connectivity index (χ0n) is 23.0. The molecule has 2 aromatic rings. The van der Waals surface area contributed by atoms with E-state index < -0.39 is 54.3 Å². The molecular formula is C29H32F6N2O4. The Hall–Kier alpha value is -3.44. The number of alkyl halides is 6. The van der Waals surface area contributed by atoms with Gasteiger partial charge in [-0.25, -0.2) is 9.59 Å². The minimum atomic E-state index is -5.03. The maximum Gasteiger partial charge on any atom is 0.416 e. The van der Waals surface area contributed by atoms with Crippen molar-refractivity contribution in [2.24, 2.45) is 0 Å². The van der Waals surface area contributed by atoms with E-state index >= 15 is 0 Å². The topological polar surface area (TPSA) is 59.1 Å². The summed E-state index contributed by atoms with van der Waals surface area (Å²) in [4.78, 5) is 28.8. The van der Waals surface area contributed by atoms with E-state index in [1.807, 2.05) is 19.1 Å². The molecule has 4 rings (SSSR count). The Morgan fingerprint density at radius 3 is 2.07 bits per heavy atom. The molecule has 0 radical (unpaired) electrons. The number of ether oxygens (including phenoxy) is 2. The van der Waals surface area contributed by atoms with Gasteiger partial charge < -0.3 is 9.47 Å². The lowest BCUT2D eigenvalue weighted by molar-refractivity contribution is -0.143. The first kappa shape index (κ1) is 30.5. The van der Waals surface area contributed by atoms with Gasteiger partial charge in [-0.2, -0.15) is 26.3 Å². The van der Waals surface area contributed by atoms with E-state index in [2.05, 4.69) is 0 Å². The zero-order valence-corrected chi connectivity index (χ0v) is 23.0. The van der Waals surface area contributed by atoms with Gasteiger partial charge in [0.05, 0.1) is 36.6 Å². The normalized spacial score (nSPS) is 18.8. The first-order valence-electron chi connectivity index (χ1n) is 13.5. The maximum atomic E-state index is 13.5. The van der Waals surface area contributed by atoms with Gasteiger partial charge in [-0.1, -0.05) is 13.0 Å². The molecule has 2 atom stereocenters. The van der Waals surface area contributed by atoms with Crippen LogP contribution in [0.4, 0.5) is 41.6 Å². The standard InChI is InChI=1S/C29H32F6N2O4/c1-4-9-41-27(39)37-17(2)10-24(23-13-19-7-5-6-8-20(19)14-25(23)37)36(26(38)40-3)16-18-11-21(28(30,31)32)15-22(12-18)29(33,34)35/h11-15,17,24H,4-10,16H2,1-3H3/t17-,24+/m1/s1. The van der Waals surface area contributed by atoms with Crippen molar-refractivity contribution in [3.63, 3.8) is 0 Å². The third-order valence-corrected chi connectivity index (χ3v) is 7.53. The van der Waals surface area contributed by atoms with E-state index in [0.717, 1.165) is 48.8 Å². The molecule has 41 heavy (non-hydrogen) atoms. The summed E-state index contributed by atoms with van der Waals surface area (Å²) >= 11 is 0. The number of benzene rings is 2. The summed E-state index contributed by atoms with van der Waals surface area (Å²) in [5.74, 6) is 0. The number of fused-ring (bicyclic) bond motifs is 2. The molecule has 0 spiro atoms. The number of amides is 2. The minimum Gasteiger partial charge on any atom is -0.453 e. The molecule has 0 unspecified atom stereocenters. The fourth-order valence-corrected chi connectivity index (χ4v) is 5.62. The first-order valence-corrected chi connectivity index (χ1v) is 13.5. The van der Waals surface area contributed by atoms with E-state index in [4.69, 9.17) is 9.47 Å². The summed E-state index contributed by atoms with van der Waals surface area (Å²) in [5, 5.41) is 0. The number of nitrogens with zero attached hydrogens (tertiary/aromatic N) is 2. The second kappa shape index (κ2) is 11.8. The summed E-state index contributed by atoms with van der Waals surface area (Å²) in [6.45, 7) is 3.24. The summed E-state index contributed by atoms with van der Waals surface area (Å²) in [7, 11) is 1.09. The predicted octanol–water partition coefficient (Wildman–Crippen LogP) is 8.06. The Balaban J connectivity index is 1.83. The first-order chi connectivity index (χ1) is 19.2. The van der Waals surface area contributed by atoms with Crippen molar-refractivity contribution < 1.29 is 45.4 Å². The van der Waals surface area contributed by atoms with Gasteiger partial charge in [0, 0.05) is 12.6 Å². The lowest BCUT2D eigenvalue weighted by atomic mass is 9.83. The molecule has 2 aliphatic rings. The summed E-state index contributed by atoms with van der Waals surface area (Å²) < 4.78 is 91.7. The Labute approximate surface area is 234 Å². The van der Waals surface area contributed by atoms with Gasteiger partial charge in [0.2, 0.25) is 0 Å². The van der Waals surface area contributed by atoms with Gasteiger partial charge in [0.1, 0.15) is 0 Å². The summed E-state index contributed by atoms with van der Waals surface area (Å²) in [6, 6.07) is 3.76. The Kier molecular flexibility index (Phi) is 8.79. The zero-order chi connectivity index (χ0) is 30.1. The van der Waals surface area contributed by atoms with Crippen molar-refractivity contribution in [2.75, 3.05) is 18.6 Å². The molecule has 1 heterocycles. The highest BCUT2D eigenvalue weighted by Gasteiger charge is 2.41. The monoisotopic (exact) mass is 586 g/mol. The van der Waals surface area contributed by atoms with Gasteiger partial charge in [-0.15, -0.1) is 0 Å². The van der Waals surface area contributed by atoms with Crippen molar-refractivity contribution in [1.82, 2.24) is 4.90 Å². The number of rotatable bonds is 5. The van der Waals surface area contributed by atoms with Crippen LogP contribution in [0.3, 0.4) is 0 Å². The Bertz CT molecular complexity index is 1260. The quantitative estimate of drug-likeness (QED) is 0.333. The number of anilines is 1. The van der Waals surface area contributed by atoms with Crippen molar-refractivity contribution in [3.8, 4) is 0 Å². The van der Waals surface area contributed by atoms with E-state index in [1.54, 1.807) is 6.92 Å². The lowest BCUT2D eigenvalue weighted by Crippen LogP contribution is -2.48. The van der Waals surface area contributed by atoms with E-state index in [-0.39, 0.29) is 24.7 Å². The smallest absolute Gasteiger partial charge is 0.416 e. The van der Waals surface area contributed by atoms with Gasteiger partial charge in [-0.3, -0.25) is 9.80 Å². The third-order valence-electron chi connectivity index (χ3n) is 7.53. The molecule has 0 aromatic heterocycles. The van der Waals surface area contributed by atoms with Crippen LogP contribution in [0.5, 0.6) is 0 Å². The molecule has 12 heteroatoms. The van der Waals surface area contributed by atoms with Crippen LogP contribution in [0.15, 0.2) is 30.3 Å². The van der Waals surface area contributed by atoms with Crippen LogP contribution >= 0.6 is 0 Å². The van der Waals surface area contributed by atoms with Crippen LogP contribution in [0.1, 0.15) is 79.0 Å². The van der Waals surface area contributed by atoms with E-state index in [9.17, 15) is 35.9 Å². The predicted molar refractivity (Wildman–Crippen MR) is 138 cm³/mol. The van der Waals surface area contributed by atoms with Crippen LogP contribution in [0, 0.1) is 0 Å². The highest BCUT2D eigenvalue weighted by atomic mass is 19.4. The third kappa shape index (κ3) is 6.56. The van der Waals surface area contributed by atoms with Gasteiger partial charge in [0.25, 0.3) is 0 Å². The number of hydrogen-bond donors (Lipinski definition) is 0. The maximum absolute atomic E-state index is 13.5. The molecule has 2 aromatic carbocycles. The number of aryl methyl sites for hydroxylation is 2. The second-order valence-corrected chi connectivity index (χ2v) is 10.5. The molecule has 0 N–H and O–H groups in total. The van der Waals surface area contributed by atoms with E-state index in [0.29, 0.717) is 29.8 Å². The van der Waals surface area contributed by atoms with Crippen molar-refractivity contribution in [2.45, 2.75) is 83.4 Å². The fraction of sp³-hybridized carbons (Fsp3) is 0.517. The van der Waals surface area contributed by atoms with Crippen molar-refractivity contribution in [1.29, 1.82) is 0 Å². The highest BCUT2D eigenvalue weighted by molar-refractivity contribution is 5.91. The number of carbonyl (C=O) groups excluding carboxylic acids is 2. The highest BCUT2D eigenvalue weighted by Crippen LogP contribution is 2.45. The molecule has 1 aliphatic carbocycles. The minimum absolute atomic E-state index is 0.0516. The van der Waals surface area contributed by atoms with Crippen LogP contribution in [0.2, 0.25) is 0 Å². The molecule has 1 aliphatic heterocycles. The number of carbonyl (C=O) groups is 2. The average Bonchev–Trinajstić information content (AvgIpc) is 2.91. The lowest BCUT2D eigenvalue weighted by Gasteiger charge is -2.43. The van der Waals surface area contributed by atoms with Crippen molar-refractivity contribution in [3.05, 3.63) is 63.7 Å². The fourth-order valence-electron chi connectivity index (χ4n) is 5.62. The molecule has 0 fully saturated rings. The Morgan fingerprint density at radius 1 is 0.951 bits per heavy atom. The van der Waals surface area contributed by atoms with Crippen LogP contribution in [0.25, 0.3) is 0 Å². The molecule has 224 valence electrons. The van der Waals surface area contributed by atoms with Gasteiger partial charge >= 0.3 is 24.5 Å². The van der Waals surface area contributed by atoms with E-state index in [1.165, 1.54) is 4.90 Å². The molecule has 0 bridgehead atoms. The molecule has 2 amide bonds. The number of halogens is 6. The van der Waals surface area contributed by atoms with Gasteiger partial charge in [0.15, 0.2) is 0 Å². The second-order valence-electron chi connectivity index (χ2n) is 10.5. The number of methoxy groups -OCH3 is 1. The summed E-state index contributed by atoms with van der Waals surface area (Å²) in [5.41, 5.74) is -0.149. The van der Waals surface area contributed by atoms with Crippen LogP contribution in [-0.2, 0) is 41.2 Å². The Morgan fingerprint density at radius 2 is 1.54 bits per heavy atom. The largest absolute Gasteiger partial charge is 0.453 e. The number of hydrogen-bond acceptors (Lipinski definition) is 4. The molecule has 6 nitrogen and oxygen atoms in total. The van der Waals surface area contributed by atoms with Crippen LogP contribution in [-0.4, -0.2) is 36.8 Å². The molecular weight excluding hydrogens is 554 g/mol. The SMILES string of the molecule is CCCOC(=O)N1c2cc3c(cc2[C@@H](N(Cc2cc(C(F)(F)F)cc(C(F)(F)F)c2)C(=O)OC)C[C@H]1C)CCCC3. The van der Waals surface area contributed by atoms with Crippen molar-refractivity contribution >= 4 is 17.9 Å². The molecule has 0 saturated carbocycles. The summed E-state index contributed by atoms with van der Waals surface area (Å²) in [6.07, 6.45) is -7.29. The average molecular weight is 587 g/mol. The molecule has 0 saturated heterocycles. The van der Waals surface area contributed by atoms with Crippen LogP contribution < -0.4 is 4.90 Å².